The molecule has 2 aliphatic rings. The van der Waals surface area contributed by atoms with Gasteiger partial charge >= 0.3 is 0 Å². The molecule has 2 heterocycles. The number of aromatic nitrogens is 1. The van der Waals surface area contributed by atoms with E-state index in [-0.39, 0.29) is 11.3 Å². The Hall–Kier alpha value is -2.21. The number of rotatable bonds is 7. The quantitative estimate of drug-likeness (QED) is 0.756. The summed E-state index contributed by atoms with van der Waals surface area (Å²) in [7, 11) is 0. The Kier molecular flexibility index (Phi) is 5.99. The third kappa shape index (κ3) is 4.37. The van der Waals surface area contributed by atoms with E-state index < -0.39 is 0 Å². The third-order valence-corrected chi connectivity index (χ3v) is 7.19. The van der Waals surface area contributed by atoms with Gasteiger partial charge in [0.2, 0.25) is 11.8 Å². The zero-order chi connectivity index (χ0) is 20.3. The van der Waals surface area contributed by atoms with Crippen molar-refractivity contribution in [3.05, 3.63) is 52.0 Å². The molecule has 1 aromatic carbocycles. The summed E-state index contributed by atoms with van der Waals surface area (Å²) in [6.45, 7) is 4.11. The van der Waals surface area contributed by atoms with Crippen LogP contribution in [0.5, 0.6) is 0 Å². The van der Waals surface area contributed by atoms with E-state index >= 15 is 0 Å². The van der Waals surface area contributed by atoms with Crippen molar-refractivity contribution in [3.63, 3.8) is 0 Å². The van der Waals surface area contributed by atoms with Crippen LogP contribution < -0.4 is 5.32 Å². The number of likely N-dealkylation sites (tertiary alicyclic amines) is 1. The Morgan fingerprint density at radius 1 is 1.28 bits per heavy atom. The molecule has 0 spiro atoms. The van der Waals surface area contributed by atoms with Crippen LogP contribution in [0.3, 0.4) is 0 Å². The average Bonchev–Trinajstić information content (AvgIpc) is 3.45. The molecule has 1 atom stereocenters. The lowest BCUT2D eigenvalue weighted by atomic mass is 9.91. The maximum absolute atomic E-state index is 13.4. The van der Waals surface area contributed by atoms with E-state index in [4.69, 9.17) is 4.98 Å². The third-order valence-electron chi connectivity index (χ3n) is 6.14. The summed E-state index contributed by atoms with van der Waals surface area (Å²) in [5, 5.41) is 6.13. The second kappa shape index (κ2) is 8.66. The first-order valence-electron chi connectivity index (χ1n) is 10.7. The smallest absolute Gasteiger partial charge is 0.233 e. The van der Waals surface area contributed by atoms with Gasteiger partial charge in [-0.2, -0.15) is 0 Å². The van der Waals surface area contributed by atoms with Crippen molar-refractivity contribution in [2.24, 2.45) is 0 Å². The molecule has 6 heteroatoms. The highest BCUT2D eigenvalue weighted by Gasteiger charge is 2.53. The summed E-state index contributed by atoms with van der Waals surface area (Å²) >= 11 is 1.69. The van der Waals surface area contributed by atoms with Crippen molar-refractivity contribution in [1.82, 2.24) is 15.2 Å². The van der Waals surface area contributed by atoms with Crippen LogP contribution in [0.4, 0.5) is 0 Å². The van der Waals surface area contributed by atoms with Gasteiger partial charge in [0.05, 0.1) is 16.1 Å². The summed E-state index contributed by atoms with van der Waals surface area (Å²) in [5.74, 6) is 0.699. The number of hydrogen-bond acceptors (Lipinski definition) is 4. The number of nitrogens with one attached hydrogen (secondary N) is 1. The Bertz CT molecular complexity index is 860. The maximum Gasteiger partial charge on any atom is 0.233 e. The normalized spacial score (nSPS) is 20.3. The second-order valence-electron chi connectivity index (χ2n) is 8.17. The summed E-state index contributed by atoms with van der Waals surface area (Å²) in [6, 6.07) is 10.3. The molecule has 0 bridgehead atoms. The molecule has 5 nitrogen and oxygen atoms in total. The zero-order valence-corrected chi connectivity index (χ0v) is 17.8. The largest absolute Gasteiger partial charge is 0.356 e. The first-order valence-corrected chi connectivity index (χ1v) is 11.6. The molecule has 2 aromatic rings. The Balaban J connectivity index is 1.38. The van der Waals surface area contributed by atoms with Gasteiger partial charge in [-0.25, -0.2) is 4.98 Å². The summed E-state index contributed by atoms with van der Waals surface area (Å²) in [5.41, 5.74) is 1.92. The molecule has 1 aliphatic heterocycles. The van der Waals surface area contributed by atoms with Gasteiger partial charge in [-0.15, -0.1) is 11.3 Å². The number of nitrogens with zero attached hydrogens (tertiary/aromatic N) is 2. The molecule has 1 saturated heterocycles. The molecule has 1 aliphatic carbocycles. The van der Waals surface area contributed by atoms with Crippen molar-refractivity contribution in [2.45, 2.75) is 56.8 Å². The SMILES string of the molecule is CCC(=O)NCCc1csc(C2CCCN(C(=O)C3(c4ccccc4)CC3)C2)n1. The van der Waals surface area contributed by atoms with Gasteiger partial charge in [-0.3, -0.25) is 9.59 Å². The molecule has 1 aromatic heterocycles. The first kappa shape index (κ1) is 20.1. The number of carbonyl (C=O) groups is 2. The van der Waals surface area contributed by atoms with Crippen molar-refractivity contribution in [2.75, 3.05) is 19.6 Å². The van der Waals surface area contributed by atoms with Gasteiger partial charge < -0.3 is 10.2 Å². The number of amides is 2. The van der Waals surface area contributed by atoms with Crippen molar-refractivity contribution < 1.29 is 9.59 Å². The first-order chi connectivity index (χ1) is 14.1. The standard InChI is InChI=1S/C23H29N3O2S/c1-2-20(27)24-13-10-19-16-29-21(25-19)17-7-6-14-26(15-17)22(28)23(11-12-23)18-8-4-3-5-9-18/h3-5,8-9,16-17H,2,6-7,10-15H2,1H3,(H,24,27). The highest BCUT2D eigenvalue weighted by atomic mass is 32.1. The summed E-state index contributed by atoms with van der Waals surface area (Å²) in [6.07, 6.45) is 5.31. The molecule has 29 heavy (non-hydrogen) atoms. The molecule has 154 valence electrons. The van der Waals surface area contributed by atoms with E-state index in [1.807, 2.05) is 25.1 Å². The predicted octanol–water partition coefficient (Wildman–Crippen LogP) is 3.65. The van der Waals surface area contributed by atoms with Gasteiger partial charge in [0.1, 0.15) is 0 Å². The van der Waals surface area contributed by atoms with Crippen molar-refractivity contribution in [1.29, 1.82) is 0 Å². The summed E-state index contributed by atoms with van der Waals surface area (Å²) < 4.78 is 0. The molecule has 1 unspecified atom stereocenters. The van der Waals surface area contributed by atoms with Crippen molar-refractivity contribution in [3.8, 4) is 0 Å². The minimum atomic E-state index is -0.283. The number of carbonyl (C=O) groups excluding carboxylic acids is 2. The van der Waals surface area contributed by atoms with E-state index in [1.54, 1.807) is 11.3 Å². The Morgan fingerprint density at radius 3 is 2.79 bits per heavy atom. The van der Waals surface area contributed by atoms with E-state index in [9.17, 15) is 9.59 Å². The van der Waals surface area contributed by atoms with Gasteiger partial charge in [-0.05, 0) is 31.2 Å². The van der Waals surface area contributed by atoms with Gasteiger partial charge in [-0.1, -0.05) is 37.3 Å². The molecule has 1 N–H and O–H groups in total. The molecule has 4 rings (SSSR count). The Morgan fingerprint density at radius 2 is 2.07 bits per heavy atom. The fourth-order valence-corrected chi connectivity index (χ4v) is 5.24. The van der Waals surface area contributed by atoms with E-state index in [1.165, 1.54) is 0 Å². The molecule has 2 fully saturated rings. The lowest BCUT2D eigenvalue weighted by molar-refractivity contribution is -0.135. The fourth-order valence-electron chi connectivity index (χ4n) is 4.25. The van der Waals surface area contributed by atoms with Crippen LogP contribution in [-0.4, -0.2) is 41.3 Å². The molecule has 1 saturated carbocycles. The predicted molar refractivity (Wildman–Crippen MR) is 115 cm³/mol. The average molecular weight is 412 g/mol. The number of hydrogen-bond donors (Lipinski definition) is 1. The van der Waals surface area contributed by atoms with Crippen LogP contribution >= 0.6 is 11.3 Å². The fraction of sp³-hybridized carbons (Fsp3) is 0.522. The molecular weight excluding hydrogens is 382 g/mol. The Labute approximate surface area is 176 Å². The molecule has 0 radical (unpaired) electrons. The van der Waals surface area contributed by atoms with Crippen LogP contribution in [0, 0.1) is 0 Å². The highest BCUT2D eigenvalue weighted by molar-refractivity contribution is 7.09. The van der Waals surface area contributed by atoms with Gasteiger partial charge in [0.15, 0.2) is 0 Å². The van der Waals surface area contributed by atoms with E-state index in [0.717, 1.165) is 61.5 Å². The van der Waals surface area contributed by atoms with E-state index in [2.05, 4.69) is 27.7 Å². The molecule has 2 amide bonds. The monoisotopic (exact) mass is 411 g/mol. The van der Waals surface area contributed by atoms with Gasteiger partial charge in [0, 0.05) is 43.8 Å². The van der Waals surface area contributed by atoms with Crippen LogP contribution in [0.25, 0.3) is 0 Å². The number of thiazole rings is 1. The molecular formula is C23H29N3O2S. The lowest BCUT2D eigenvalue weighted by Crippen LogP contribution is -2.44. The van der Waals surface area contributed by atoms with Crippen LogP contribution in [0.2, 0.25) is 0 Å². The highest BCUT2D eigenvalue weighted by Crippen LogP contribution is 2.50. The van der Waals surface area contributed by atoms with E-state index in [0.29, 0.717) is 24.8 Å². The second-order valence-corrected chi connectivity index (χ2v) is 9.06. The van der Waals surface area contributed by atoms with Gasteiger partial charge in [0.25, 0.3) is 0 Å². The minimum absolute atomic E-state index is 0.0781. The van der Waals surface area contributed by atoms with Crippen LogP contribution in [0.15, 0.2) is 35.7 Å². The number of piperidine rings is 1. The maximum atomic E-state index is 13.4. The van der Waals surface area contributed by atoms with Crippen molar-refractivity contribution >= 4 is 23.2 Å². The summed E-state index contributed by atoms with van der Waals surface area (Å²) in [4.78, 5) is 31.6. The van der Waals surface area contributed by atoms with Crippen LogP contribution in [-0.2, 0) is 21.4 Å². The topological polar surface area (TPSA) is 62.3 Å². The number of benzene rings is 1. The minimum Gasteiger partial charge on any atom is -0.356 e. The van der Waals surface area contributed by atoms with Crippen LogP contribution in [0.1, 0.15) is 61.2 Å². The zero-order valence-electron chi connectivity index (χ0n) is 17.0. The lowest BCUT2D eigenvalue weighted by Gasteiger charge is -2.34.